The molecule has 1 heteroatoms. The first-order valence-corrected chi connectivity index (χ1v) is 5.77. The largest absolute Gasteiger partial charge is 0.311 e. The van der Waals surface area contributed by atoms with Crippen molar-refractivity contribution in [1.82, 2.24) is 5.32 Å². The van der Waals surface area contributed by atoms with Crippen LogP contribution in [0.1, 0.15) is 52.9 Å². The van der Waals surface area contributed by atoms with E-state index in [1.165, 1.54) is 38.6 Å². The van der Waals surface area contributed by atoms with Crippen LogP contribution in [0.2, 0.25) is 0 Å². The Hall–Kier alpha value is -0.0400. The second-order valence-corrected chi connectivity index (χ2v) is 6.14. The summed E-state index contributed by atoms with van der Waals surface area (Å²) in [5, 5.41) is 3.79. The molecule has 2 rings (SSSR count). The fourth-order valence-corrected chi connectivity index (χ4v) is 3.00. The molecule has 1 saturated heterocycles. The number of hydrogen-bond acceptors (Lipinski definition) is 1. The van der Waals surface area contributed by atoms with Gasteiger partial charge in [0.2, 0.25) is 0 Å². The predicted octanol–water partition coefficient (Wildman–Crippen LogP) is 2.95. The highest BCUT2D eigenvalue weighted by Gasteiger charge is 2.43. The molecule has 13 heavy (non-hydrogen) atoms. The minimum absolute atomic E-state index is 0.499. The molecule has 0 bridgehead atoms. The Morgan fingerprint density at radius 1 is 1.15 bits per heavy atom. The molecule has 2 fully saturated rings. The average Bonchev–Trinajstić information content (AvgIpc) is 2.60. The molecule has 76 valence electrons. The monoisotopic (exact) mass is 181 g/mol. The lowest BCUT2D eigenvalue weighted by atomic mass is 9.76. The van der Waals surface area contributed by atoms with Gasteiger partial charge in [-0.25, -0.2) is 0 Å². The van der Waals surface area contributed by atoms with Crippen LogP contribution in [0.3, 0.4) is 0 Å². The molecule has 0 unspecified atom stereocenters. The molecule has 1 aliphatic carbocycles. The molecule has 1 spiro atoms. The Morgan fingerprint density at radius 2 is 1.77 bits per heavy atom. The summed E-state index contributed by atoms with van der Waals surface area (Å²) >= 11 is 0. The van der Waals surface area contributed by atoms with Crippen molar-refractivity contribution in [2.75, 3.05) is 6.54 Å². The molecule has 2 aliphatic rings. The Kier molecular flexibility index (Phi) is 2.18. The van der Waals surface area contributed by atoms with Crippen molar-refractivity contribution in [2.45, 2.75) is 58.4 Å². The Balaban J connectivity index is 2.01. The lowest BCUT2D eigenvalue weighted by molar-refractivity contribution is 0.243. The Labute approximate surface area is 82.3 Å². The van der Waals surface area contributed by atoms with Crippen molar-refractivity contribution in [3.05, 3.63) is 0 Å². The topological polar surface area (TPSA) is 12.0 Å². The van der Waals surface area contributed by atoms with Crippen LogP contribution in [-0.2, 0) is 0 Å². The first-order chi connectivity index (χ1) is 6.02. The van der Waals surface area contributed by atoms with Gasteiger partial charge in [0.05, 0.1) is 0 Å². The zero-order valence-corrected chi connectivity index (χ0v) is 9.32. The van der Waals surface area contributed by atoms with Crippen LogP contribution in [-0.4, -0.2) is 12.1 Å². The zero-order chi connectivity index (χ0) is 9.53. The van der Waals surface area contributed by atoms with E-state index in [2.05, 4.69) is 26.1 Å². The van der Waals surface area contributed by atoms with Gasteiger partial charge in [0, 0.05) is 5.54 Å². The summed E-state index contributed by atoms with van der Waals surface area (Å²) < 4.78 is 0. The summed E-state index contributed by atoms with van der Waals surface area (Å²) in [5.41, 5.74) is 1.07. The van der Waals surface area contributed by atoms with E-state index >= 15 is 0 Å². The molecular weight excluding hydrogens is 158 g/mol. The van der Waals surface area contributed by atoms with E-state index in [9.17, 15) is 0 Å². The van der Waals surface area contributed by atoms with Crippen LogP contribution >= 0.6 is 0 Å². The first kappa shape index (κ1) is 9.51. The molecule has 0 aromatic carbocycles. The predicted molar refractivity (Wildman–Crippen MR) is 56.8 cm³/mol. The number of nitrogens with one attached hydrogen (secondary N) is 1. The van der Waals surface area contributed by atoms with Gasteiger partial charge in [-0.2, -0.15) is 0 Å². The van der Waals surface area contributed by atoms with Gasteiger partial charge in [-0.05, 0) is 37.1 Å². The Bertz CT molecular complexity index is 184. The van der Waals surface area contributed by atoms with Gasteiger partial charge < -0.3 is 5.32 Å². The molecule has 1 nitrogen and oxygen atoms in total. The van der Waals surface area contributed by atoms with Crippen molar-refractivity contribution in [1.29, 1.82) is 0 Å². The van der Waals surface area contributed by atoms with Gasteiger partial charge in [-0.15, -0.1) is 0 Å². The molecule has 1 aliphatic heterocycles. The molecule has 0 aromatic rings. The highest BCUT2D eigenvalue weighted by atomic mass is 15.0. The third-order valence-electron chi connectivity index (χ3n) is 4.15. The van der Waals surface area contributed by atoms with Crippen LogP contribution in [0.5, 0.6) is 0 Å². The summed E-state index contributed by atoms with van der Waals surface area (Å²) in [4.78, 5) is 0. The van der Waals surface area contributed by atoms with Gasteiger partial charge in [0.25, 0.3) is 0 Å². The highest BCUT2D eigenvalue weighted by molar-refractivity contribution is 5.01. The van der Waals surface area contributed by atoms with Gasteiger partial charge in [-0.3, -0.25) is 0 Å². The lowest BCUT2D eigenvalue weighted by Crippen LogP contribution is -2.35. The van der Waals surface area contributed by atoms with Gasteiger partial charge in [0.15, 0.2) is 0 Å². The van der Waals surface area contributed by atoms with Gasteiger partial charge in [-0.1, -0.05) is 33.6 Å². The molecule has 0 amide bonds. The van der Waals surface area contributed by atoms with Crippen LogP contribution in [0.25, 0.3) is 0 Å². The van der Waals surface area contributed by atoms with E-state index < -0.39 is 0 Å². The van der Waals surface area contributed by atoms with Crippen molar-refractivity contribution in [3.63, 3.8) is 0 Å². The van der Waals surface area contributed by atoms with Crippen molar-refractivity contribution in [3.8, 4) is 0 Å². The summed E-state index contributed by atoms with van der Waals surface area (Å²) in [6, 6.07) is 0. The molecule has 0 aromatic heterocycles. The molecule has 0 radical (unpaired) electrons. The van der Waals surface area contributed by atoms with Crippen molar-refractivity contribution >= 4 is 0 Å². The minimum atomic E-state index is 0.499. The average molecular weight is 181 g/mol. The van der Waals surface area contributed by atoms with E-state index in [1.807, 2.05) is 0 Å². The highest BCUT2D eigenvalue weighted by Crippen LogP contribution is 2.44. The normalized spacial score (nSPS) is 33.0. The van der Waals surface area contributed by atoms with Crippen molar-refractivity contribution < 1.29 is 0 Å². The summed E-state index contributed by atoms with van der Waals surface area (Å²) in [7, 11) is 0. The maximum absolute atomic E-state index is 3.79. The summed E-state index contributed by atoms with van der Waals surface area (Å²) in [5.74, 6) is 0.894. The fourth-order valence-electron chi connectivity index (χ4n) is 3.00. The zero-order valence-electron chi connectivity index (χ0n) is 9.32. The van der Waals surface area contributed by atoms with E-state index in [1.54, 1.807) is 0 Å². The summed E-state index contributed by atoms with van der Waals surface area (Å²) in [6.45, 7) is 8.40. The summed E-state index contributed by atoms with van der Waals surface area (Å²) in [6.07, 6.45) is 7.18. The maximum Gasteiger partial charge on any atom is 0.0185 e. The van der Waals surface area contributed by atoms with E-state index in [-0.39, 0.29) is 0 Å². The van der Waals surface area contributed by atoms with Gasteiger partial charge in [0.1, 0.15) is 0 Å². The molecule has 1 atom stereocenters. The standard InChI is InChI=1S/C12H23N/c1-11(2,3)10-8-12(13-9-10)6-4-5-7-12/h10,13H,4-9H2,1-3H3/t10-/m1/s1. The number of hydrogen-bond donors (Lipinski definition) is 1. The Morgan fingerprint density at radius 3 is 2.23 bits per heavy atom. The van der Waals surface area contributed by atoms with Crippen molar-refractivity contribution in [2.24, 2.45) is 11.3 Å². The third kappa shape index (κ3) is 1.76. The molecule has 1 saturated carbocycles. The minimum Gasteiger partial charge on any atom is -0.311 e. The second kappa shape index (κ2) is 2.98. The second-order valence-electron chi connectivity index (χ2n) is 6.14. The SMILES string of the molecule is CC(C)(C)[C@H]1CNC2(CCCC2)C1. The smallest absolute Gasteiger partial charge is 0.0185 e. The van der Waals surface area contributed by atoms with Crippen LogP contribution < -0.4 is 5.32 Å². The lowest BCUT2D eigenvalue weighted by Gasteiger charge is -2.28. The number of rotatable bonds is 0. The van der Waals surface area contributed by atoms with Crippen LogP contribution in [0.4, 0.5) is 0 Å². The molecular formula is C12H23N. The van der Waals surface area contributed by atoms with Crippen LogP contribution in [0, 0.1) is 11.3 Å². The van der Waals surface area contributed by atoms with Gasteiger partial charge >= 0.3 is 0 Å². The molecule has 1 N–H and O–H groups in total. The van der Waals surface area contributed by atoms with E-state index in [4.69, 9.17) is 0 Å². The fraction of sp³-hybridized carbons (Fsp3) is 1.00. The third-order valence-corrected chi connectivity index (χ3v) is 4.15. The molecule has 1 heterocycles. The first-order valence-electron chi connectivity index (χ1n) is 5.77. The van der Waals surface area contributed by atoms with Crippen LogP contribution in [0.15, 0.2) is 0 Å². The van der Waals surface area contributed by atoms with E-state index in [0.717, 1.165) is 5.92 Å². The quantitative estimate of drug-likeness (QED) is 0.606. The maximum atomic E-state index is 3.79. The van der Waals surface area contributed by atoms with E-state index in [0.29, 0.717) is 11.0 Å².